The molecule has 0 unspecified atom stereocenters. The van der Waals surface area contributed by atoms with Gasteiger partial charge in [0.1, 0.15) is 5.82 Å². The molecule has 2 heterocycles. The molecular weight excluding hydrogens is 266 g/mol. The normalized spacial score (nSPS) is 19.3. The summed E-state index contributed by atoms with van der Waals surface area (Å²) in [6.07, 6.45) is 3.29. The Balaban J connectivity index is 1.70. The maximum Gasteiger partial charge on any atom is 0.245 e. The van der Waals surface area contributed by atoms with Crippen molar-refractivity contribution in [2.45, 2.75) is 38.6 Å². The van der Waals surface area contributed by atoms with Crippen molar-refractivity contribution < 1.29 is 9.53 Å². The Labute approximate surface area is 125 Å². The highest BCUT2D eigenvalue weighted by Crippen LogP contribution is 2.23. The monoisotopic (exact) mass is 289 g/mol. The molecule has 0 bridgehead atoms. The van der Waals surface area contributed by atoms with Crippen LogP contribution in [0.15, 0.2) is 12.1 Å². The van der Waals surface area contributed by atoms with Crippen LogP contribution >= 0.6 is 0 Å². The molecule has 0 spiro atoms. The van der Waals surface area contributed by atoms with Crippen molar-refractivity contribution in [3.8, 4) is 0 Å². The summed E-state index contributed by atoms with van der Waals surface area (Å²) in [4.78, 5) is 19.3. The number of fused-ring (bicyclic) bond motifs is 1. The van der Waals surface area contributed by atoms with Crippen LogP contribution in [-0.2, 0) is 22.4 Å². The van der Waals surface area contributed by atoms with Crippen LogP contribution in [0.1, 0.15) is 31.5 Å². The molecular formula is C16H23N3O2. The Hall–Kier alpha value is -1.46. The van der Waals surface area contributed by atoms with Crippen LogP contribution < -0.4 is 5.32 Å². The number of pyridine rings is 1. The van der Waals surface area contributed by atoms with Crippen molar-refractivity contribution in [2.75, 3.05) is 31.6 Å². The van der Waals surface area contributed by atoms with E-state index in [9.17, 15) is 4.79 Å². The number of hydrogen-bond donors (Lipinski definition) is 1. The number of carbonyl (C=O) groups is 1. The van der Waals surface area contributed by atoms with Gasteiger partial charge in [0.2, 0.25) is 5.91 Å². The van der Waals surface area contributed by atoms with Crippen LogP contribution in [0.2, 0.25) is 0 Å². The lowest BCUT2D eigenvalue weighted by Gasteiger charge is -2.39. The first-order valence-electron chi connectivity index (χ1n) is 7.70. The Morgan fingerprint density at radius 3 is 2.81 bits per heavy atom. The molecule has 0 radical (unpaired) electrons. The first-order valence-corrected chi connectivity index (χ1v) is 7.70. The zero-order valence-corrected chi connectivity index (χ0v) is 12.8. The average molecular weight is 289 g/mol. The van der Waals surface area contributed by atoms with Crippen molar-refractivity contribution in [3.05, 3.63) is 23.4 Å². The largest absolute Gasteiger partial charge is 0.379 e. The lowest BCUT2D eigenvalue weighted by atomic mass is 10.0. The maximum absolute atomic E-state index is 12.6. The minimum atomic E-state index is -0.551. The van der Waals surface area contributed by atoms with Crippen LogP contribution in [0.4, 0.5) is 5.82 Å². The van der Waals surface area contributed by atoms with Crippen LogP contribution in [0.3, 0.4) is 0 Å². The number of amides is 1. The number of carbonyl (C=O) groups excluding carboxylic acids is 1. The summed E-state index contributed by atoms with van der Waals surface area (Å²) in [6, 6.07) is 4.00. The maximum atomic E-state index is 12.6. The number of ether oxygens (including phenoxy) is 1. The van der Waals surface area contributed by atoms with E-state index in [1.165, 1.54) is 12.0 Å². The van der Waals surface area contributed by atoms with Crippen molar-refractivity contribution >= 4 is 11.7 Å². The fourth-order valence-corrected chi connectivity index (χ4v) is 3.03. The van der Waals surface area contributed by atoms with Crippen molar-refractivity contribution in [1.29, 1.82) is 0 Å². The van der Waals surface area contributed by atoms with Gasteiger partial charge in [-0.2, -0.15) is 0 Å². The van der Waals surface area contributed by atoms with Crippen molar-refractivity contribution in [2.24, 2.45) is 0 Å². The van der Waals surface area contributed by atoms with Gasteiger partial charge in [0.05, 0.1) is 18.8 Å². The van der Waals surface area contributed by atoms with Crippen molar-refractivity contribution in [3.63, 3.8) is 0 Å². The van der Waals surface area contributed by atoms with Gasteiger partial charge in [0, 0.05) is 18.8 Å². The molecule has 1 N–H and O–H groups in total. The lowest BCUT2D eigenvalue weighted by Crippen LogP contribution is -2.56. The smallest absolute Gasteiger partial charge is 0.245 e. The zero-order chi connectivity index (χ0) is 14.9. The van der Waals surface area contributed by atoms with E-state index in [4.69, 9.17) is 4.74 Å². The summed E-state index contributed by atoms with van der Waals surface area (Å²) < 4.78 is 5.36. The second-order valence-electron chi connectivity index (χ2n) is 6.27. The van der Waals surface area contributed by atoms with E-state index in [1.807, 2.05) is 19.9 Å². The molecule has 1 aromatic rings. The first-order chi connectivity index (χ1) is 10.1. The molecule has 5 nitrogen and oxygen atoms in total. The van der Waals surface area contributed by atoms with E-state index in [0.717, 1.165) is 31.6 Å². The van der Waals surface area contributed by atoms with Crippen LogP contribution in [0, 0.1) is 0 Å². The lowest BCUT2D eigenvalue weighted by molar-refractivity contribution is -0.129. The quantitative estimate of drug-likeness (QED) is 0.918. The highest BCUT2D eigenvalue weighted by Gasteiger charge is 2.35. The summed E-state index contributed by atoms with van der Waals surface area (Å²) in [5, 5.41) is 2.98. The minimum Gasteiger partial charge on any atom is -0.379 e. The number of hydrogen-bond acceptors (Lipinski definition) is 4. The summed E-state index contributed by atoms with van der Waals surface area (Å²) in [7, 11) is 0. The zero-order valence-electron chi connectivity index (χ0n) is 12.8. The molecule has 5 heteroatoms. The highest BCUT2D eigenvalue weighted by atomic mass is 16.5. The molecule has 1 aromatic heterocycles. The second kappa shape index (κ2) is 5.73. The number of aromatic nitrogens is 1. The summed E-state index contributed by atoms with van der Waals surface area (Å²) >= 11 is 0. The molecule has 2 aliphatic rings. The molecule has 0 saturated carbocycles. The van der Waals surface area contributed by atoms with E-state index < -0.39 is 5.54 Å². The van der Waals surface area contributed by atoms with Crippen LogP contribution in [-0.4, -0.2) is 47.6 Å². The van der Waals surface area contributed by atoms with E-state index in [-0.39, 0.29) is 5.91 Å². The van der Waals surface area contributed by atoms with Gasteiger partial charge >= 0.3 is 0 Å². The molecule has 1 aliphatic heterocycles. The molecule has 0 atom stereocenters. The number of nitrogens with zero attached hydrogens (tertiary/aromatic N) is 2. The van der Waals surface area contributed by atoms with Gasteiger partial charge in [-0.15, -0.1) is 0 Å². The molecule has 1 fully saturated rings. The third-order valence-electron chi connectivity index (χ3n) is 4.53. The predicted octanol–water partition coefficient (Wildman–Crippen LogP) is 1.62. The number of morpholine rings is 1. The molecule has 1 aliphatic carbocycles. The van der Waals surface area contributed by atoms with E-state index in [0.29, 0.717) is 19.0 Å². The third kappa shape index (κ3) is 2.94. The molecule has 21 heavy (non-hydrogen) atoms. The SMILES string of the molecule is CC(C)(C(=O)Nc1ccc2c(n1)CCC2)N1CCOCC1. The summed E-state index contributed by atoms with van der Waals surface area (Å²) in [5.41, 5.74) is 1.90. The number of aryl methyl sites for hydroxylation is 2. The van der Waals surface area contributed by atoms with E-state index in [2.05, 4.69) is 21.3 Å². The average Bonchev–Trinajstić information content (AvgIpc) is 2.95. The van der Waals surface area contributed by atoms with E-state index >= 15 is 0 Å². The fourth-order valence-electron chi connectivity index (χ4n) is 3.03. The molecule has 0 aromatic carbocycles. The van der Waals surface area contributed by atoms with Gasteiger partial charge in [-0.05, 0) is 44.7 Å². The van der Waals surface area contributed by atoms with Gasteiger partial charge in [-0.3, -0.25) is 9.69 Å². The Kier molecular flexibility index (Phi) is 3.95. The number of nitrogens with one attached hydrogen (secondary N) is 1. The standard InChI is InChI=1S/C16H23N3O2/c1-16(2,19-8-10-21-11-9-19)15(20)18-14-7-6-12-4-3-5-13(12)17-14/h6-7H,3-5,8-11H2,1-2H3,(H,17,18,20). The van der Waals surface area contributed by atoms with Crippen LogP contribution in [0.5, 0.6) is 0 Å². The molecule has 3 rings (SSSR count). The van der Waals surface area contributed by atoms with Crippen molar-refractivity contribution in [1.82, 2.24) is 9.88 Å². The van der Waals surface area contributed by atoms with Gasteiger partial charge in [0.15, 0.2) is 0 Å². The Morgan fingerprint density at radius 1 is 1.29 bits per heavy atom. The molecule has 114 valence electrons. The van der Waals surface area contributed by atoms with Gasteiger partial charge in [-0.25, -0.2) is 4.98 Å². The predicted molar refractivity (Wildman–Crippen MR) is 81.4 cm³/mol. The molecule has 1 amide bonds. The van der Waals surface area contributed by atoms with Gasteiger partial charge in [0.25, 0.3) is 0 Å². The minimum absolute atomic E-state index is 0.00477. The van der Waals surface area contributed by atoms with Crippen LogP contribution in [0.25, 0.3) is 0 Å². The second-order valence-corrected chi connectivity index (χ2v) is 6.27. The molecule has 1 saturated heterocycles. The summed E-state index contributed by atoms with van der Waals surface area (Å²) in [5.74, 6) is 0.664. The topological polar surface area (TPSA) is 54.5 Å². The Morgan fingerprint density at radius 2 is 2.05 bits per heavy atom. The van der Waals surface area contributed by atoms with Gasteiger partial charge in [-0.1, -0.05) is 6.07 Å². The number of anilines is 1. The fraction of sp³-hybridized carbons (Fsp3) is 0.625. The van der Waals surface area contributed by atoms with E-state index in [1.54, 1.807) is 0 Å². The highest BCUT2D eigenvalue weighted by molar-refractivity contribution is 5.96. The Bertz CT molecular complexity index is 536. The van der Waals surface area contributed by atoms with Gasteiger partial charge < -0.3 is 10.1 Å². The third-order valence-corrected chi connectivity index (χ3v) is 4.53. The summed E-state index contributed by atoms with van der Waals surface area (Å²) in [6.45, 7) is 6.87. The first kappa shape index (κ1) is 14.5. The number of rotatable bonds is 3.